The Morgan fingerprint density at radius 3 is 2.39 bits per heavy atom. The van der Waals surface area contributed by atoms with Gasteiger partial charge in [-0.25, -0.2) is 10.4 Å². The van der Waals surface area contributed by atoms with Gasteiger partial charge in [0.05, 0.1) is 20.4 Å². The normalized spacial score (nSPS) is 11.3. The average Bonchev–Trinajstić information content (AvgIpc) is 3.19. The zero-order chi connectivity index (χ0) is 26.4. The van der Waals surface area contributed by atoms with E-state index >= 15 is 0 Å². The molecule has 0 spiro atoms. The van der Waals surface area contributed by atoms with Crippen molar-refractivity contribution in [3.63, 3.8) is 0 Å². The smallest absolute Gasteiger partial charge is 0.329 e. The second-order valence-corrected chi connectivity index (χ2v) is 8.32. The maximum Gasteiger partial charge on any atom is 0.329 e. The first-order chi connectivity index (χ1) is 17.0. The summed E-state index contributed by atoms with van der Waals surface area (Å²) in [5, 5.41) is 29.5. The lowest BCUT2D eigenvalue weighted by molar-refractivity contribution is -0.384. The summed E-state index contributed by atoms with van der Waals surface area (Å²) in [6.45, 7) is 3.41. The van der Waals surface area contributed by atoms with Crippen LogP contribution in [0.1, 0.15) is 21.7 Å². The van der Waals surface area contributed by atoms with Crippen LogP contribution in [-0.4, -0.2) is 32.4 Å². The molecule has 0 atom stereocenters. The van der Waals surface area contributed by atoms with Crippen LogP contribution in [-0.2, 0) is 9.59 Å². The number of hydrogen-bond donors (Lipinski definition) is 3. The molecule has 0 aliphatic rings. The number of allylic oxidation sites excluding steroid dienone is 1. The number of nitro groups is 2. The van der Waals surface area contributed by atoms with Crippen molar-refractivity contribution in [1.82, 2.24) is 10.4 Å². The molecule has 0 aliphatic carbocycles. The molecule has 3 aromatic rings. The van der Waals surface area contributed by atoms with E-state index in [2.05, 4.69) is 20.8 Å². The number of benzene rings is 2. The number of thiazole rings is 1. The Balaban J connectivity index is 1.95. The quantitative estimate of drug-likeness (QED) is 0.178. The number of nitrogens with zero attached hydrogens (tertiary/aromatic N) is 4. The second-order valence-electron chi connectivity index (χ2n) is 7.32. The Hall–Kier alpha value is -4.98. The molecule has 0 bridgehead atoms. The highest BCUT2D eigenvalue weighted by atomic mass is 32.1. The molecular weight excluding hydrogens is 490 g/mol. The number of carbonyl (C=O) groups excluding carboxylic acids is 2. The lowest BCUT2D eigenvalue weighted by Gasteiger charge is -2.04. The molecule has 14 heteroatoms. The minimum Gasteiger partial charge on any atom is -0.361 e. The zero-order valence-electron chi connectivity index (χ0n) is 18.9. The van der Waals surface area contributed by atoms with Gasteiger partial charge in [-0.3, -0.25) is 29.8 Å². The highest BCUT2D eigenvalue weighted by molar-refractivity contribution is 7.18. The van der Waals surface area contributed by atoms with E-state index in [-0.39, 0.29) is 22.8 Å². The third-order valence-corrected chi connectivity index (χ3v) is 5.76. The van der Waals surface area contributed by atoms with E-state index in [0.717, 1.165) is 16.9 Å². The van der Waals surface area contributed by atoms with Crippen molar-refractivity contribution in [2.24, 2.45) is 10.8 Å². The molecule has 184 valence electrons. The molecule has 0 saturated carbocycles. The summed E-state index contributed by atoms with van der Waals surface area (Å²) in [5.74, 6) is -2.36. The molecule has 0 radical (unpaired) electrons. The average molecular weight is 510 g/mol. The fourth-order valence-electron chi connectivity index (χ4n) is 2.91. The summed E-state index contributed by atoms with van der Waals surface area (Å²) in [7, 11) is 0. The molecular formula is C22H19N7O6S. The largest absolute Gasteiger partial charge is 0.361 e. The Morgan fingerprint density at radius 1 is 1.08 bits per heavy atom. The number of nitro benzene ring substituents is 2. The monoisotopic (exact) mass is 509 g/mol. The molecule has 0 fully saturated rings. The number of nitrogens with two attached hydrogens (primary N) is 1. The molecule has 0 aliphatic heterocycles. The summed E-state index contributed by atoms with van der Waals surface area (Å²) in [5.41, 5.74) is 9.08. The van der Waals surface area contributed by atoms with Gasteiger partial charge in [0.15, 0.2) is 5.13 Å². The Labute approximate surface area is 207 Å². The fraction of sp³-hybridized carbons (Fsp3) is 0.0909. The number of aryl methyl sites for hydroxylation is 2. The number of hydrogen-bond acceptors (Lipinski definition) is 10. The number of non-ortho nitro benzene ring substituents is 1. The van der Waals surface area contributed by atoms with Gasteiger partial charge in [0.2, 0.25) is 0 Å². The van der Waals surface area contributed by atoms with E-state index < -0.39 is 21.7 Å². The van der Waals surface area contributed by atoms with Crippen molar-refractivity contribution >= 4 is 57.1 Å². The van der Waals surface area contributed by atoms with Crippen molar-refractivity contribution in [2.45, 2.75) is 13.8 Å². The van der Waals surface area contributed by atoms with Crippen LogP contribution in [0, 0.1) is 34.1 Å². The van der Waals surface area contributed by atoms with Crippen molar-refractivity contribution in [1.29, 1.82) is 0 Å². The first kappa shape index (κ1) is 25.6. The van der Waals surface area contributed by atoms with E-state index in [0.29, 0.717) is 21.3 Å². The van der Waals surface area contributed by atoms with Crippen LogP contribution in [0.5, 0.6) is 0 Å². The summed E-state index contributed by atoms with van der Waals surface area (Å²) in [6.07, 6.45) is 3.11. The predicted octanol–water partition coefficient (Wildman–Crippen LogP) is 3.34. The van der Waals surface area contributed by atoms with Crippen molar-refractivity contribution in [2.75, 3.05) is 5.32 Å². The molecule has 13 nitrogen and oxygen atoms in total. The summed E-state index contributed by atoms with van der Waals surface area (Å²) >= 11 is 1.10. The van der Waals surface area contributed by atoms with E-state index in [1.165, 1.54) is 36.4 Å². The number of hydrazone groups is 1. The highest BCUT2D eigenvalue weighted by Gasteiger charge is 2.18. The number of nitrogens with one attached hydrogen (secondary N) is 2. The van der Waals surface area contributed by atoms with Gasteiger partial charge in [0.1, 0.15) is 11.4 Å². The minimum absolute atomic E-state index is 0.0750. The number of rotatable bonds is 8. The molecule has 0 saturated heterocycles. The predicted molar refractivity (Wildman–Crippen MR) is 134 cm³/mol. The molecule has 3 rings (SSSR count). The first-order valence-electron chi connectivity index (χ1n) is 10.1. The van der Waals surface area contributed by atoms with Crippen LogP contribution < -0.4 is 16.5 Å². The van der Waals surface area contributed by atoms with Crippen LogP contribution in [0.15, 0.2) is 53.6 Å². The maximum atomic E-state index is 11.6. The molecule has 1 aromatic heterocycles. The standard InChI is InChI=1S/C22H19N7O6S/c1-12-3-9-16(18(11-12)29(34)35)25-22-24-13(2)19(36-22)17(26-27-21(31)20(23)30)10-6-14-4-7-15(8-5-14)28(32)33/h3-11H,1-2H3,(H2,23,30)(H,24,25)(H,27,31)/b10-6?,26-17+. The number of anilines is 2. The van der Waals surface area contributed by atoms with E-state index in [1.807, 2.05) is 0 Å². The number of amides is 2. The van der Waals surface area contributed by atoms with Gasteiger partial charge in [-0.05, 0) is 49.2 Å². The third kappa shape index (κ3) is 6.32. The Kier molecular flexibility index (Phi) is 7.81. The van der Waals surface area contributed by atoms with Gasteiger partial charge in [0.25, 0.3) is 11.4 Å². The van der Waals surface area contributed by atoms with Crippen LogP contribution in [0.2, 0.25) is 0 Å². The summed E-state index contributed by atoms with van der Waals surface area (Å²) in [6, 6.07) is 10.4. The van der Waals surface area contributed by atoms with Crippen molar-refractivity contribution in [3.8, 4) is 0 Å². The fourth-order valence-corrected chi connectivity index (χ4v) is 3.86. The molecule has 2 aromatic carbocycles. The molecule has 1 heterocycles. The minimum atomic E-state index is -1.23. The van der Waals surface area contributed by atoms with Crippen LogP contribution in [0.4, 0.5) is 22.2 Å². The molecule has 36 heavy (non-hydrogen) atoms. The van der Waals surface area contributed by atoms with Crippen LogP contribution in [0.25, 0.3) is 6.08 Å². The number of aromatic nitrogens is 1. The summed E-state index contributed by atoms with van der Waals surface area (Å²) in [4.78, 5) is 48.9. The van der Waals surface area contributed by atoms with Crippen LogP contribution >= 0.6 is 11.3 Å². The van der Waals surface area contributed by atoms with Crippen LogP contribution in [0.3, 0.4) is 0 Å². The van der Waals surface area contributed by atoms with Gasteiger partial charge in [-0.1, -0.05) is 23.5 Å². The molecule has 2 amide bonds. The van der Waals surface area contributed by atoms with E-state index in [1.54, 1.807) is 32.1 Å². The first-order valence-corrected chi connectivity index (χ1v) is 11.0. The number of carbonyl (C=O) groups is 2. The highest BCUT2D eigenvalue weighted by Crippen LogP contribution is 2.32. The Bertz CT molecular complexity index is 1410. The van der Waals surface area contributed by atoms with Crippen molar-refractivity contribution in [3.05, 3.63) is 90.5 Å². The topological polar surface area (TPSA) is 196 Å². The van der Waals surface area contributed by atoms with Gasteiger partial charge in [-0.15, -0.1) is 0 Å². The zero-order valence-corrected chi connectivity index (χ0v) is 19.7. The van der Waals surface area contributed by atoms with Gasteiger partial charge < -0.3 is 11.1 Å². The number of primary amides is 1. The molecule has 4 N–H and O–H groups in total. The second kappa shape index (κ2) is 11.0. The van der Waals surface area contributed by atoms with E-state index in [9.17, 15) is 29.8 Å². The van der Waals surface area contributed by atoms with Gasteiger partial charge in [0, 0.05) is 18.2 Å². The van der Waals surface area contributed by atoms with Crippen molar-refractivity contribution < 1.29 is 19.4 Å². The van der Waals surface area contributed by atoms with E-state index in [4.69, 9.17) is 5.73 Å². The lowest BCUT2D eigenvalue weighted by atomic mass is 10.1. The summed E-state index contributed by atoms with van der Waals surface area (Å²) < 4.78 is 0. The lowest BCUT2D eigenvalue weighted by Crippen LogP contribution is -2.33. The van der Waals surface area contributed by atoms with Gasteiger partial charge in [-0.2, -0.15) is 5.10 Å². The SMILES string of the molecule is Cc1ccc(Nc2nc(C)c(/C(C=Cc3ccc([N+](=O)[O-])cc3)=N/NC(=O)C(N)=O)s2)c([N+](=O)[O-])c1. The Morgan fingerprint density at radius 2 is 1.78 bits per heavy atom. The van der Waals surface area contributed by atoms with Gasteiger partial charge >= 0.3 is 11.8 Å². The molecule has 0 unspecified atom stereocenters. The third-order valence-electron chi connectivity index (χ3n) is 4.66. The maximum absolute atomic E-state index is 11.6.